The maximum Gasteiger partial charge on any atom is 0.281 e. The van der Waals surface area contributed by atoms with Crippen molar-refractivity contribution in [3.8, 4) is 5.75 Å². The Bertz CT molecular complexity index is 1150. The van der Waals surface area contributed by atoms with Gasteiger partial charge in [0.1, 0.15) is 16.9 Å². The number of carbonyl (C=O) groups excluding carboxylic acids is 2. The molecular formula is C25H28Cl2F2N4O3. The minimum atomic E-state index is -2.86. The van der Waals surface area contributed by atoms with Crippen molar-refractivity contribution in [2.45, 2.75) is 43.6 Å². The molecule has 11 heteroatoms. The van der Waals surface area contributed by atoms with Crippen molar-refractivity contribution in [3.63, 3.8) is 0 Å². The van der Waals surface area contributed by atoms with Gasteiger partial charge in [-0.25, -0.2) is 8.78 Å². The Labute approximate surface area is 219 Å². The van der Waals surface area contributed by atoms with Crippen LogP contribution in [0.4, 0.5) is 14.5 Å². The predicted octanol–water partition coefficient (Wildman–Crippen LogP) is 4.28. The molecule has 2 aliphatic heterocycles. The van der Waals surface area contributed by atoms with E-state index in [9.17, 15) is 18.4 Å². The zero-order chi connectivity index (χ0) is 24.7. The lowest BCUT2D eigenvalue weighted by Crippen LogP contribution is -2.62. The number of nitrogens with zero attached hydrogens (tertiary/aromatic N) is 2. The van der Waals surface area contributed by atoms with E-state index < -0.39 is 23.4 Å². The quantitative estimate of drug-likeness (QED) is 0.571. The first-order chi connectivity index (χ1) is 16.8. The molecule has 0 radical (unpaired) electrons. The molecule has 5 rings (SSSR count). The summed E-state index contributed by atoms with van der Waals surface area (Å²) in [4.78, 5) is 31.7. The molecule has 1 saturated heterocycles. The van der Waals surface area contributed by atoms with E-state index in [1.54, 1.807) is 7.11 Å². The van der Waals surface area contributed by atoms with Crippen LogP contribution < -0.4 is 20.3 Å². The van der Waals surface area contributed by atoms with Crippen LogP contribution in [0.15, 0.2) is 30.5 Å². The highest BCUT2D eigenvalue weighted by molar-refractivity contribution is 6.30. The Hall–Kier alpha value is -2.49. The van der Waals surface area contributed by atoms with Gasteiger partial charge in [-0.05, 0) is 61.4 Å². The van der Waals surface area contributed by atoms with Gasteiger partial charge in [0, 0.05) is 37.6 Å². The van der Waals surface area contributed by atoms with Crippen molar-refractivity contribution in [2.24, 2.45) is 5.92 Å². The predicted molar refractivity (Wildman–Crippen MR) is 135 cm³/mol. The molecule has 0 atom stereocenters. The first-order valence-electron chi connectivity index (χ1n) is 11.8. The largest absolute Gasteiger partial charge is 0.497 e. The van der Waals surface area contributed by atoms with Crippen LogP contribution in [0.5, 0.6) is 5.75 Å². The van der Waals surface area contributed by atoms with E-state index in [1.165, 1.54) is 6.07 Å². The number of benzene rings is 1. The first-order valence-corrected chi connectivity index (χ1v) is 12.2. The Balaban J connectivity index is 0.00000304. The van der Waals surface area contributed by atoms with Crippen molar-refractivity contribution >= 4 is 41.5 Å². The number of carbonyl (C=O) groups is 2. The third-order valence-electron chi connectivity index (χ3n) is 7.48. The van der Waals surface area contributed by atoms with Crippen LogP contribution in [-0.4, -0.2) is 49.6 Å². The summed E-state index contributed by atoms with van der Waals surface area (Å²) in [5, 5.41) is 6.24. The molecule has 3 heterocycles. The zero-order valence-corrected chi connectivity index (χ0v) is 21.3. The highest BCUT2D eigenvalue weighted by Crippen LogP contribution is 2.46. The molecule has 3 aliphatic rings. The number of anilines is 1. The maximum atomic E-state index is 13.4. The summed E-state index contributed by atoms with van der Waals surface area (Å²) in [7, 11) is 1.62. The minimum absolute atomic E-state index is 0. The van der Waals surface area contributed by atoms with Crippen molar-refractivity contribution in [1.29, 1.82) is 0 Å². The summed E-state index contributed by atoms with van der Waals surface area (Å²) >= 11 is 5.88. The van der Waals surface area contributed by atoms with Crippen molar-refractivity contribution in [1.82, 2.24) is 15.6 Å². The molecule has 7 nitrogen and oxygen atoms in total. The normalized spacial score (nSPS) is 22.1. The van der Waals surface area contributed by atoms with E-state index in [2.05, 4.69) is 15.6 Å². The average Bonchev–Trinajstić information content (AvgIpc) is 3.07. The number of nitrogens with one attached hydrogen (secondary N) is 2. The lowest BCUT2D eigenvalue weighted by atomic mass is 9.76. The number of rotatable bonds is 6. The fraction of sp³-hybridized carbons (Fsp3) is 0.480. The number of ether oxygens (including phenoxy) is 1. The second kappa shape index (κ2) is 10.5. The minimum Gasteiger partial charge on any atom is -0.497 e. The maximum absolute atomic E-state index is 13.4. The molecule has 1 aromatic heterocycles. The van der Waals surface area contributed by atoms with Crippen molar-refractivity contribution < 1.29 is 23.1 Å². The van der Waals surface area contributed by atoms with Gasteiger partial charge in [-0.1, -0.05) is 11.6 Å². The summed E-state index contributed by atoms with van der Waals surface area (Å²) in [6, 6.07) is 6.92. The molecule has 1 saturated carbocycles. The summed E-state index contributed by atoms with van der Waals surface area (Å²) in [5.74, 6) is 0.569. The Kier molecular flexibility index (Phi) is 7.73. The van der Waals surface area contributed by atoms with E-state index in [1.807, 2.05) is 23.1 Å². The number of pyridine rings is 1. The number of amides is 2. The van der Waals surface area contributed by atoms with Crippen LogP contribution in [0.2, 0.25) is 5.02 Å². The van der Waals surface area contributed by atoms with Gasteiger partial charge >= 0.3 is 0 Å². The van der Waals surface area contributed by atoms with E-state index in [0.29, 0.717) is 32.5 Å². The van der Waals surface area contributed by atoms with Gasteiger partial charge < -0.3 is 20.3 Å². The van der Waals surface area contributed by atoms with Crippen molar-refractivity contribution in [3.05, 3.63) is 52.3 Å². The molecule has 36 heavy (non-hydrogen) atoms. The van der Waals surface area contributed by atoms with E-state index in [-0.39, 0.29) is 40.9 Å². The molecule has 0 unspecified atom stereocenters. The van der Waals surface area contributed by atoms with Crippen LogP contribution in [0.1, 0.15) is 53.7 Å². The number of methoxy groups -OCH3 is 1. The van der Waals surface area contributed by atoms with Crippen LogP contribution in [0.25, 0.3) is 0 Å². The number of aromatic nitrogens is 1. The molecular weight excluding hydrogens is 513 g/mol. The molecule has 2 N–H and O–H groups in total. The topological polar surface area (TPSA) is 83.6 Å². The Morgan fingerprint density at radius 1 is 1.28 bits per heavy atom. The Morgan fingerprint density at radius 3 is 2.61 bits per heavy atom. The molecule has 2 aromatic rings. The molecule has 0 bridgehead atoms. The van der Waals surface area contributed by atoms with Crippen molar-refractivity contribution in [2.75, 3.05) is 31.6 Å². The first kappa shape index (κ1) is 26.6. The number of hydrogen-bond donors (Lipinski definition) is 2. The number of alkyl halides is 2. The molecule has 1 aromatic carbocycles. The van der Waals surface area contributed by atoms with E-state index >= 15 is 0 Å². The van der Waals surface area contributed by atoms with Gasteiger partial charge in [-0.2, -0.15) is 0 Å². The molecule has 1 aliphatic carbocycles. The average molecular weight is 541 g/mol. The number of halogens is 4. The van der Waals surface area contributed by atoms with Gasteiger partial charge in [0.05, 0.1) is 17.7 Å². The second-order valence-electron chi connectivity index (χ2n) is 9.56. The highest BCUT2D eigenvalue weighted by atomic mass is 35.5. The monoisotopic (exact) mass is 540 g/mol. The van der Waals surface area contributed by atoms with E-state index in [4.69, 9.17) is 16.3 Å². The molecule has 2 amide bonds. The fourth-order valence-electron chi connectivity index (χ4n) is 5.46. The zero-order valence-electron chi connectivity index (χ0n) is 19.7. The summed E-state index contributed by atoms with van der Waals surface area (Å²) in [6.45, 7) is 1.87. The van der Waals surface area contributed by atoms with Gasteiger partial charge in [-0.15, -0.1) is 12.4 Å². The standard InChI is InChI=1S/C25H27ClF2N4O3.ClH/c1-35-17-6-7-20-19(9-17)25(12-29-13-25)24(34)32(20)11-14-2-4-16(5-3-14)31-23(33)18-8-15(26)10-30-21(18)22(27)28;/h6-10,14,16,22,29H,2-5,11-13H2,1H3,(H,31,33);1H/t14-,16-;. The van der Waals surface area contributed by atoms with Gasteiger partial charge in [0.25, 0.3) is 12.3 Å². The highest BCUT2D eigenvalue weighted by Gasteiger charge is 2.55. The van der Waals surface area contributed by atoms with Gasteiger partial charge in [-0.3, -0.25) is 14.6 Å². The molecule has 194 valence electrons. The van der Waals surface area contributed by atoms with Crippen LogP contribution in [0, 0.1) is 5.92 Å². The van der Waals surface area contributed by atoms with Gasteiger partial charge in [0.2, 0.25) is 5.91 Å². The van der Waals surface area contributed by atoms with Crippen LogP contribution in [-0.2, 0) is 10.2 Å². The third-order valence-corrected chi connectivity index (χ3v) is 7.68. The SMILES string of the molecule is COc1ccc2c(c1)C1(CNC1)C(=O)N2C[C@H]1CC[C@H](NC(=O)c2cc(Cl)cnc2C(F)F)CC1.Cl. The van der Waals surface area contributed by atoms with Crippen LogP contribution >= 0.6 is 24.0 Å². The summed E-state index contributed by atoms with van der Waals surface area (Å²) in [5.41, 5.74) is 0.696. The lowest BCUT2D eigenvalue weighted by Gasteiger charge is -2.38. The lowest BCUT2D eigenvalue weighted by molar-refractivity contribution is -0.125. The Morgan fingerprint density at radius 2 is 2.00 bits per heavy atom. The fourth-order valence-corrected chi connectivity index (χ4v) is 5.62. The smallest absolute Gasteiger partial charge is 0.281 e. The summed E-state index contributed by atoms with van der Waals surface area (Å²) in [6.07, 6.45) is 1.31. The number of fused-ring (bicyclic) bond motifs is 2. The molecule has 1 spiro atoms. The second-order valence-corrected chi connectivity index (χ2v) is 10.00. The third kappa shape index (κ3) is 4.64. The number of hydrogen-bond acceptors (Lipinski definition) is 5. The van der Waals surface area contributed by atoms with Crippen LogP contribution in [0.3, 0.4) is 0 Å². The molecule has 2 fully saturated rings. The van der Waals surface area contributed by atoms with Gasteiger partial charge in [0.15, 0.2) is 0 Å². The van der Waals surface area contributed by atoms with E-state index in [0.717, 1.165) is 36.0 Å². The summed E-state index contributed by atoms with van der Waals surface area (Å²) < 4.78 is 31.9.